The maximum Gasteiger partial charge on any atom is 0.416 e. The first-order valence-corrected chi connectivity index (χ1v) is 3.55. The molecule has 2 nitrogen and oxygen atoms in total. The molecule has 0 aliphatic carbocycles. The zero-order valence-corrected chi connectivity index (χ0v) is 8.03. The van der Waals surface area contributed by atoms with E-state index in [9.17, 15) is 13.2 Å². The number of hydrogen-bond donors (Lipinski definition) is 0. The van der Waals surface area contributed by atoms with Crippen molar-refractivity contribution in [1.82, 2.24) is 0 Å². The van der Waals surface area contributed by atoms with Crippen molar-refractivity contribution in [3.8, 4) is 0 Å². The van der Waals surface area contributed by atoms with Gasteiger partial charge in [-0.05, 0) is 12.1 Å². The van der Waals surface area contributed by atoms with Crippen molar-refractivity contribution in [2.75, 3.05) is 0 Å². The van der Waals surface area contributed by atoms with Crippen LogP contribution >= 0.6 is 11.6 Å². The number of diazo groups is 1. The first kappa shape index (κ1) is 13.0. The van der Waals surface area contributed by atoms with Crippen LogP contribution in [0.2, 0.25) is 5.02 Å². The molecule has 0 saturated carbocycles. The van der Waals surface area contributed by atoms with Crippen LogP contribution in [-0.2, 0) is 6.18 Å². The van der Waals surface area contributed by atoms with Crippen molar-refractivity contribution in [3.63, 3.8) is 0 Å². The van der Waals surface area contributed by atoms with Gasteiger partial charge in [0.1, 0.15) is 5.02 Å². The van der Waals surface area contributed by atoms with E-state index in [-0.39, 0.29) is 23.1 Å². The SMILES string of the molecule is N#[N+]c1ccc(C(F)(F)F)cc1Cl.[Cl-]. The molecule has 0 unspecified atom stereocenters. The van der Waals surface area contributed by atoms with Crippen LogP contribution < -0.4 is 12.4 Å². The Hall–Kier alpha value is -0.990. The second-order valence-electron chi connectivity index (χ2n) is 2.26. The van der Waals surface area contributed by atoms with Gasteiger partial charge < -0.3 is 12.4 Å². The Kier molecular flexibility index (Phi) is 4.17. The van der Waals surface area contributed by atoms with Crippen molar-refractivity contribution in [3.05, 3.63) is 33.8 Å². The van der Waals surface area contributed by atoms with Crippen LogP contribution in [0.15, 0.2) is 18.2 Å². The van der Waals surface area contributed by atoms with Crippen molar-refractivity contribution >= 4 is 17.3 Å². The van der Waals surface area contributed by atoms with Crippen molar-refractivity contribution in [2.45, 2.75) is 6.18 Å². The second-order valence-corrected chi connectivity index (χ2v) is 2.67. The molecule has 76 valence electrons. The number of hydrogen-bond acceptors (Lipinski definition) is 1. The quantitative estimate of drug-likeness (QED) is 0.621. The van der Waals surface area contributed by atoms with Crippen LogP contribution in [0, 0.1) is 5.39 Å². The van der Waals surface area contributed by atoms with E-state index in [0.717, 1.165) is 12.1 Å². The van der Waals surface area contributed by atoms with Gasteiger partial charge in [-0.15, -0.1) is 0 Å². The molecule has 1 aromatic carbocycles. The highest BCUT2D eigenvalue weighted by Gasteiger charge is 2.32. The summed E-state index contributed by atoms with van der Waals surface area (Å²) in [5.74, 6) is 0. The molecular weight excluding hydrogens is 240 g/mol. The Morgan fingerprint density at radius 1 is 1.29 bits per heavy atom. The molecule has 0 N–H and O–H groups in total. The van der Waals surface area contributed by atoms with Crippen molar-refractivity contribution < 1.29 is 25.6 Å². The molecule has 0 bridgehead atoms. The molecule has 0 radical (unpaired) electrons. The summed E-state index contributed by atoms with van der Waals surface area (Å²) >= 11 is 5.38. The van der Waals surface area contributed by atoms with E-state index < -0.39 is 11.7 Å². The van der Waals surface area contributed by atoms with E-state index in [1.54, 1.807) is 0 Å². The minimum atomic E-state index is -4.43. The van der Waals surface area contributed by atoms with Crippen LogP contribution in [0.4, 0.5) is 18.9 Å². The average molecular weight is 243 g/mol. The minimum Gasteiger partial charge on any atom is -1.00 e. The molecule has 0 aromatic heterocycles. The Bertz CT molecular complexity index is 370. The lowest BCUT2D eigenvalue weighted by atomic mass is 10.2. The third kappa shape index (κ3) is 2.76. The zero-order chi connectivity index (χ0) is 10.1. The fourth-order valence-corrected chi connectivity index (χ4v) is 0.983. The number of nitrogens with zero attached hydrogens (tertiary/aromatic N) is 2. The van der Waals surface area contributed by atoms with E-state index in [0.29, 0.717) is 6.07 Å². The molecule has 0 spiro atoms. The summed E-state index contributed by atoms with van der Waals surface area (Å²) in [5, 5.41) is 8.03. The molecule has 0 atom stereocenters. The lowest BCUT2D eigenvalue weighted by molar-refractivity contribution is -0.137. The molecule has 0 aliphatic rings. The molecule has 0 heterocycles. The molecule has 0 amide bonds. The van der Waals surface area contributed by atoms with Gasteiger partial charge in [0, 0.05) is 6.07 Å². The fraction of sp³-hybridized carbons (Fsp3) is 0.143. The van der Waals surface area contributed by atoms with Gasteiger partial charge in [-0.25, -0.2) is 0 Å². The summed E-state index contributed by atoms with van der Waals surface area (Å²) < 4.78 is 36.2. The molecule has 0 fully saturated rings. The van der Waals surface area contributed by atoms with Gasteiger partial charge >= 0.3 is 11.9 Å². The molecule has 14 heavy (non-hydrogen) atoms. The monoisotopic (exact) mass is 242 g/mol. The Morgan fingerprint density at radius 2 is 1.86 bits per heavy atom. The van der Waals surface area contributed by atoms with Crippen LogP contribution in [0.25, 0.3) is 4.98 Å². The number of benzene rings is 1. The highest BCUT2D eigenvalue weighted by Crippen LogP contribution is 2.34. The van der Waals surface area contributed by atoms with E-state index in [4.69, 9.17) is 17.0 Å². The van der Waals surface area contributed by atoms with Crippen LogP contribution in [0.5, 0.6) is 0 Å². The maximum absolute atomic E-state index is 12.1. The zero-order valence-electron chi connectivity index (χ0n) is 6.52. The summed E-state index contributed by atoms with van der Waals surface area (Å²) in [6.45, 7) is 0. The minimum absolute atomic E-state index is 0. The van der Waals surface area contributed by atoms with Gasteiger partial charge in [0.05, 0.1) is 5.56 Å². The lowest BCUT2D eigenvalue weighted by Gasteiger charge is -2.04. The summed E-state index contributed by atoms with van der Waals surface area (Å²) in [6.07, 6.45) is -4.43. The topological polar surface area (TPSA) is 28.1 Å². The van der Waals surface area contributed by atoms with Crippen molar-refractivity contribution in [1.29, 1.82) is 5.39 Å². The normalized spacial score (nSPS) is 10.2. The number of halogens is 5. The van der Waals surface area contributed by atoms with Gasteiger partial charge in [0.15, 0.2) is 4.98 Å². The summed E-state index contributed by atoms with van der Waals surface area (Å²) in [4.78, 5) is 2.69. The first-order chi connectivity index (χ1) is 5.95. The molecular formula is C7H3Cl2F3N2. The Morgan fingerprint density at radius 3 is 2.21 bits per heavy atom. The van der Waals surface area contributed by atoms with Crippen LogP contribution in [0.1, 0.15) is 5.56 Å². The standard InChI is InChI=1S/C7H3ClF3N2.ClH/c8-5-3-4(7(9,10)11)1-2-6(5)13-12;/h1-3H;1H/q+1;/p-1. The Balaban J connectivity index is 0.00000169. The van der Waals surface area contributed by atoms with Gasteiger partial charge in [0.2, 0.25) is 5.39 Å². The molecule has 0 aliphatic heterocycles. The van der Waals surface area contributed by atoms with Gasteiger partial charge in [0.25, 0.3) is 0 Å². The Labute approximate surface area is 88.7 Å². The average Bonchev–Trinajstić information content (AvgIpc) is 2.02. The maximum atomic E-state index is 12.1. The van der Waals surface area contributed by atoms with Gasteiger partial charge in [-0.3, -0.25) is 0 Å². The second kappa shape index (κ2) is 4.49. The highest BCUT2D eigenvalue weighted by atomic mass is 35.5. The molecule has 1 rings (SSSR count). The van der Waals surface area contributed by atoms with Crippen molar-refractivity contribution in [2.24, 2.45) is 0 Å². The van der Waals surface area contributed by atoms with E-state index in [1.807, 2.05) is 0 Å². The van der Waals surface area contributed by atoms with E-state index >= 15 is 0 Å². The van der Waals surface area contributed by atoms with E-state index in [2.05, 4.69) is 4.98 Å². The first-order valence-electron chi connectivity index (χ1n) is 3.17. The smallest absolute Gasteiger partial charge is 0.416 e. The van der Waals surface area contributed by atoms with Crippen LogP contribution in [-0.4, -0.2) is 0 Å². The lowest BCUT2D eigenvalue weighted by Crippen LogP contribution is -3.00. The predicted octanol–water partition coefficient (Wildman–Crippen LogP) is 0.847. The highest BCUT2D eigenvalue weighted by molar-refractivity contribution is 6.33. The third-order valence-electron chi connectivity index (χ3n) is 1.38. The van der Waals surface area contributed by atoms with Gasteiger partial charge in [-0.2, -0.15) is 13.2 Å². The molecule has 7 heteroatoms. The number of alkyl halides is 3. The largest absolute Gasteiger partial charge is 1.00 e. The molecule has 1 aromatic rings. The van der Waals surface area contributed by atoms with E-state index in [1.165, 1.54) is 0 Å². The predicted molar refractivity (Wildman–Crippen MR) is 41.2 cm³/mol. The molecule has 0 saturated heterocycles. The van der Waals surface area contributed by atoms with Crippen LogP contribution in [0.3, 0.4) is 0 Å². The van der Waals surface area contributed by atoms with Gasteiger partial charge in [-0.1, -0.05) is 11.6 Å². The summed E-state index contributed by atoms with van der Waals surface area (Å²) in [7, 11) is 0. The number of rotatable bonds is 0. The summed E-state index contributed by atoms with van der Waals surface area (Å²) in [5.41, 5.74) is -0.959. The summed E-state index contributed by atoms with van der Waals surface area (Å²) in [6, 6.07) is 2.49. The third-order valence-corrected chi connectivity index (χ3v) is 1.69. The fourth-order valence-electron chi connectivity index (χ4n) is 0.764.